The maximum Gasteiger partial charge on any atom is 0.408 e. The van der Waals surface area contributed by atoms with Gasteiger partial charge in [-0.3, -0.25) is 14.9 Å². The fourth-order valence-corrected chi connectivity index (χ4v) is 3.65. The number of nitro groups is 1. The number of nitrogens with one attached hydrogen (secondary N) is 1. The lowest BCUT2D eigenvalue weighted by molar-refractivity contribution is -0.386. The van der Waals surface area contributed by atoms with Crippen molar-refractivity contribution in [1.82, 2.24) is 10.5 Å². The Hall–Kier alpha value is -3.69. The summed E-state index contributed by atoms with van der Waals surface area (Å²) in [6.45, 7) is 10.4. The minimum absolute atomic E-state index is 0.0779. The highest BCUT2D eigenvalue weighted by Crippen LogP contribution is 2.43. The van der Waals surface area contributed by atoms with Crippen LogP contribution >= 0.6 is 0 Å². The predicted octanol–water partition coefficient (Wildman–Crippen LogP) is 3.39. The van der Waals surface area contributed by atoms with Crippen molar-refractivity contribution in [1.29, 1.82) is 0 Å². The Morgan fingerprint density at radius 3 is 2.71 bits per heavy atom. The first kappa shape index (κ1) is 22.0. The van der Waals surface area contributed by atoms with Gasteiger partial charge in [0.05, 0.1) is 17.0 Å². The van der Waals surface area contributed by atoms with Crippen LogP contribution in [0, 0.1) is 17.0 Å². The molecule has 1 aromatic heterocycles. The molecule has 2 heterocycles. The molecule has 2 aromatic rings. The van der Waals surface area contributed by atoms with Gasteiger partial charge < -0.3 is 19.5 Å². The molecule has 0 bridgehead atoms. The second kappa shape index (κ2) is 7.86. The Labute approximate surface area is 179 Å². The molecule has 0 saturated heterocycles. The van der Waals surface area contributed by atoms with Crippen molar-refractivity contribution in [2.24, 2.45) is 0 Å². The van der Waals surface area contributed by atoms with E-state index >= 15 is 0 Å². The van der Waals surface area contributed by atoms with Gasteiger partial charge in [-0.2, -0.15) is 0 Å². The zero-order valence-electron chi connectivity index (χ0n) is 17.8. The number of aromatic nitrogens is 1. The first-order chi connectivity index (χ1) is 14.5. The molecule has 0 unspecified atom stereocenters. The molecule has 10 heteroatoms. The summed E-state index contributed by atoms with van der Waals surface area (Å²) in [4.78, 5) is 38.8. The number of hydrogen-bond donors (Lipinski definition) is 1. The zero-order chi connectivity index (χ0) is 23.0. The molecule has 164 valence electrons. The van der Waals surface area contributed by atoms with E-state index in [-0.39, 0.29) is 30.1 Å². The molecule has 1 aliphatic heterocycles. The summed E-state index contributed by atoms with van der Waals surface area (Å²) in [6, 6.07) is 6.89. The fourth-order valence-electron chi connectivity index (χ4n) is 3.65. The van der Waals surface area contributed by atoms with E-state index in [2.05, 4.69) is 17.1 Å². The SMILES string of the molecule is C=CCN1C(=O)[C@](Cc2onc(C)c2[N+](=O)[O-])(NC(=O)OC(C)(C)C)c2ccccc21. The monoisotopic (exact) mass is 428 g/mol. The number of amides is 2. The van der Waals surface area contributed by atoms with Crippen LogP contribution in [0.25, 0.3) is 0 Å². The molecular weight excluding hydrogens is 404 g/mol. The number of nitrogens with zero attached hydrogens (tertiary/aromatic N) is 3. The van der Waals surface area contributed by atoms with Crippen LogP contribution in [0.2, 0.25) is 0 Å². The molecule has 0 radical (unpaired) electrons. The van der Waals surface area contributed by atoms with E-state index in [1.54, 1.807) is 51.1 Å². The van der Waals surface area contributed by atoms with E-state index in [1.165, 1.54) is 11.8 Å². The van der Waals surface area contributed by atoms with Crippen molar-refractivity contribution in [3.05, 3.63) is 64.1 Å². The van der Waals surface area contributed by atoms with Crippen LogP contribution < -0.4 is 10.2 Å². The van der Waals surface area contributed by atoms with Crippen molar-refractivity contribution in [2.45, 2.75) is 45.3 Å². The number of carbonyl (C=O) groups excluding carboxylic acids is 2. The Bertz CT molecular complexity index is 1050. The van der Waals surface area contributed by atoms with Crippen LogP contribution in [0.15, 0.2) is 41.4 Å². The topological polar surface area (TPSA) is 128 Å². The third-order valence-electron chi connectivity index (χ3n) is 4.80. The Morgan fingerprint density at radius 1 is 1.42 bits per heavy atom. The number of aryl methyl sites for hydroxylation is 1. The van der Waals surface area contributed by atoms with Crippen LogP contribution in [-0.2, 0) is 21.5 Å². The van der Waals surface area contributed by atoms with Gasteiger partial charge >= 0.3 is 11.8 Å². The summed E-state index contributed by atoms with van der Waals surface area (Å²) in [5, 5.41) is 17.9. The molecule has 2 amide bonds. The van der Waals surface area contributed by atoms with Crippen LogP contribution in [0.4, 0.5) is 16.2 Å². The smallest absolute Gasteiger partial charge is 0.408 e. The largest absolute Gasteiger partial charge is 0.444 e. The number of hydrogen-bond acceptors (Lipinski definition) is 7. The number of carbonyl (C=O) groups is 2. The number of rotatable bonds is 6. The molecule has 0 fully saturated rings. The highest BCUT2D eigenvalue weighted by atomic mass is 16.6. The number of fused-ring (bicyclic) bond motifs is 1. The summed E-state index contributed by atoms with van der Waals surface area (Å²) in [5.74, 6) is -0.607. The molecule has 10 nitrogen and oxygen atoms in total. The Kier molecular flexibility index (Phi) is 5.58. The predicted molar refractivity (Wildman–Crippen MR) is 112 cm³/mol. The molecule has 0 spiro atoms. The van der Waals surface area contributed by atoms with Gasteiger partial charge in [0.2, 0.25) is 5.76 Å². The summed E-state index contributed by atoms with van der Waals surface area (Å²) in [7, 11) is 0. The van der Waals surface area contributed by atoms with Crippen molar-refractivity contribution in [2.75, 3.05) is 11.4 Å². The van der Waals surface area contributed by atoms with Crippen molar-refractivity contribution >= 4 is 23.4 Å². The van der Waals surface area contributed by atoms with Crippen LogP contribution in [0.1, 0.15) is 37.8 Å². The van der Waals surface area contributed by atoms with Gasteiger partial charge in [-0.15, -0.1) is 6.58 Å². The highest BCUT2D eigenvalue weighted by Gasteiger charge is 2.54. The lowest BCUT2D eigenvalue weighted by Gasteiger charge is -2.30. The highest BCUT2D eigenvalue weighted by molar-refractivity contribution is 6.09. The van der Waals surface area contributed by atoms with Gasteiger partial charge in [-0.25, -0.2) is 4.79 Å². The van der Waals surface area contributed by atoms with Gasteiger partial charge in [0.25, 0.3) is 5.91 Å². The molecule has 1 aliphatic rings. The van der Waals surface area contributed by atoms with Crippen LogP contribution in [-0.4, -0.2) is 34.2 Å². The minimum Gasteiger partial charge on any atom is -0.444 e. The summed E-state index contributed by atoms with van der Waals surface area (Å²) >= 11 is 0. The summed E-state index contributed by atoms with van der Waals surface area (Å²) in [6.07, 6.45) is 0.404. The number of ether oxygens (including phenoxy) is 1. The molecule has 3 rings (SSSR count). The number of alkyl carbamates (subject to hydrolysis) is 1. The molecule has 1 aromatic carbocycles. The van der Waals surface area contributed by atoms with Gasteiger partial charge in [-0.05, 0) is 33.8 Å². The standard InChI is InChI=1S/C21H24N4O6/c1-6-11-24-15-10-8-7-9-14(15)21(18(24)26,22-19(27)30-20(3,4)5)12-16-17(25(28)29)13(2)23-31-16/h6-10H,1,11-12H2,2-5H3,(H,22,27)/t21-/m1/s1. The molecule has 1 N–H and O–H groups in total. The molecule has 0 saturated carbocycles. The summed E-state index contributed by atoms with van der Waals surface area (Å²) < 4.78 is 10.6. The fraction of sp³-hybridized carbons (Fsp3) is 0.381. The minimum atomic E-state index is -1.68. The van der Waals surface area contributed by atoms with Gasteiger partial charge in [-0.1, -0.05) is 29.4 Å². The average molecular weight is 428 g/mol. The average Bonchev–Trinajstić information content (AvgIpc) is 3.12. The number of para-hydroxylation sites is 1. The van der Waals surface area contributed by atoms with Crippen LogP contribution in [0.5, 0.6) is 0 Å². The second-order valence-corrected chi connectivity index (χ2v) is 8.23. The van der Waals surface area contributed by atoms with Crippen molar-refractivity contribution in [3.63, 3.8) is 0 Å². The Balaban J connectivity index is 2.16. The Morgan fingerprint density at radius 2 is 2.10 bits per heavy atom. The molecular formula is C21H24N4O6. The van der Waals surface area contributed by atoms with Crippen molar-refractivity contribution in [3.8, 4) is 0 Å². The maximum atomic E-state index is 13.6. The van der Waals surface area contributed by atoms with E-state index in [9.17, 15) is 19.7 Å². The zero-order valence-corrected chi connectivity index (χ0v) is 17.8. The third-order valence-corrected chi connectivity index (χ3v) is 4.80. The van der Waals surface area contributed by atoms with E-state index in [1.807, 2.05) is 0 Å². The number of benzene rings is 1. The lowest BCUT2D eigenvalue weighted by Crippen LogP contribution is -2.55. The maximum absolute atomic E-state index is 13.6. The van der Waals surface area contributed by atoms with E-state index in [4.69, 9.17) is 9.26 Å². The first-order valence-electron chi connectivity index (χ1n) is 9.63. The molecule has 0 aliphatic carbocycles. The van der Waals surface area contributed by atoms with E-state index in [0.717, 1.165) is 0 Å². The lowest BCUT2D eigenvalue weighted by atomic mass is 9.86. The van der Waals surface area contributed by atoms with Gasteiger partial charge in [0, 0.05) is 12.1 Å². The quantitative estimate of drug-likeness (QED) is 0.424. The third kappa shape index (κ3) is 4.00. The van der Waals surface area contributed by atoms with Gasteiger partial charge in [0.1, 0.15) is 5.60 Å². The van der Waals surface area contributed by atoms with Gasteiger partial charge in [0.15, 0.2) is 11.2 Å². The molecule has 31 heavy (non-hydrogen) atoms. The van der Waals surface area contributed by atoms with E-state index < -0.39 is 28.1 Å². The normalized spacial score (nSPS) is 17.9. The van der Waals surface area contributed by atoms with Crippen LogP contribution in [0.3, 0.4) is 0 Å². The summed E-state index contributed by atoms with van der Waals surface area (Å²) in [5.41, 5.74) is -1.73. The van der Waals surface area contributed by atoms with Crippen molar-refractivity contribution < 1.29 is 23.8 Å². The number of anilines is 1. The van der Waals surface area contributed by atoms with E-state index in [0.29, 0.717) is 11.3 Å². The second-order valence-electron chi connectivity index (χ2n) is 8.23. The first-order valence-corrected chi connectivity index (χ1v) is 9.63. The molecule has 1 atom stereocenters.